The summed E-state index contributed by atoms with van der Waals surface area (Å²) < 4.78 is 5.87. The van der Waals surface area contributed by atoms with Crippen molar-refractivity contribution in [1.29, 1.82) is 0 Å². The van der Waals surface area contributed by atoms with Gasteiger partial charge in [0.05, 0.1) is 6.61 Å². The van der Waals surface area contributed by atoms with Gasteiger partial charge in [-0.3, -0.25) is 4.79 Å². The number of hydrogen-bond acceptors (Lipinski definition) is 4. The molecule has 2 aliphatic rings. The highest BCUT2D eigenvalue weighted by Crippen LogP contribution is 2.41. The number of rotatable bonds is 3. The minimum atomic E-state index is -0.00581. The van der Waals surface area contributed by atoms with Gasteiger partial charge in [0.25, 0.3) is 0 Å². The molecule has 0 N–H and O–H groups in total. The zero-order chi connectivity index (χ0) is 15.4. The Balaban J connectivity index is 1.54. The fraction of sp³-hybridized carbons (Fsp3) is 0.471. The molecule has 1 amide bonds. The molecule has 0 saturated carbocycles. The summed E-state index contributed by atoms with van der Waals surface area (Å²) in [5.41, 5.74) is 1.06. The van der Waals surface area contributed by atoms with Crippen LogP contribution in [0.1, 0.15) is 18.4 Å². The van der Waals surface area contributed by atoms with Crippen LogP contribution in [0.3, 0.4) is 0 Å². The number of carbonyl (C=O) groups is 1. The first kappa shape index (κ1) is 16.0. The van der Waals surface area contributed by atoms with Crippen LogP contribution >= 0.6 is 23.5 Å². The highest BCUT2D eigenvalue weighted by molar-refractivity contribution is 8.00. The standard InChI is InChI=1S/C17H21NO2S2/c1-21-15-5-2-14(3-6-15)4-7-16(19)18-10-8-17(9-11-18)20-12-13-22-17/h2-7H,8-13H2,1H3. The molecular weight excluding hydrogens is 314 g/mol. The van der Waals surface area contributed by atoms with E-state index in [1.54, 1.807) is 17.8 Å². The van der Waals surface area contributed by atoms with Gasteiger partial charge in [0.2, 0.25) is 5.91 Å². The van der Waals surface area contributed by atoms with Gasteiger partial charge in [0.15, 0.2) is 0 Å². The summed E-state index contributed by atoms with van der Waals surface area (Å²) in [6.45, 7) is 2.44. The molecule has 22 heavy (non-hydrogen) atoms. The van der Waals surface area contributed by atoms with Crippen molar-refractivity contribution in [3.05, 3.63) is 35.9 Å². The fourth-order valence-electron chi connectivity index (χ4n) is 2.84. The molecule has 5 heteroatoms. The van der Waals surface area contributed by atoms with Gasteiger partial charge in [-0.25, -0.2) is 0 Å². The third-order valence-corrected chi connectivity index (χ3v) is 6.35. The predicted octanol–water partition coefficient (Wildman–Crippen LogP) is 3.50. The molecule has 0 atom stereocenters. The number of amides is 1. The first-order valence-corrected chi connectivity index (χ1v) is 9.81. The number of nitrogens with zero attached hydrogens (tertiary/aromatic N) is 1. The molecule has 2 saturated heterocycles. The number of carbonyl (C=O) groups excluding carboxylic acids is 1. The molecule has 3 nitrogen and oxygen atoms in total. The first-order valence-electron chi connectivity index (χ1n) is 7.60. The van der Waals surface area contributed by atoms with Crippen LogP contribution in [0.15, 0.2) is 35.2 Å². The molecule has 0 bridgehead atoms. The highest BCUT2D eigenvalue weighted by Gasteiger charge is 2.39. The maximum absolute atomic E-state index is 12.3. The number of benzene rings is 1. The van der Waals surface area contributed by atoms with Crippen LogP contribution in [0.25, 0.3) is 6.08 Å². The minimum absolute atomic E-state index is 0.00581. The summed E-state index contributed by atoms with van der Waals surface area (Å²) in [6, 6.07) is 8.25. The van der Waals surface area contributed by atoms with E-state index in [-0.39, 0.29) is 10.8 Å². The first-order chi connectivity index (χ1) is 10.7. The van der Waals surface area contributed by atoms with E-state index in [1.807, 2.05) is 34.9 Å². The van der Waals surface area contributed by atoms with Crippen molar-refractivity contribution >= 4 is 35.5 Å². The van der Waals surface area contributed by atoms with E-state index in [2.05, 4.69) is 18.4 Å². The average molecular weight is 335 g/mol. The lowest BCUT2D eigenvalue weighted by atomic mass is 10.1. The van der Waals surface area contributed by atoms with Crippen molar-refractivity contribution in [1.82, 2.24) is 4.90 Å². The summed E-state index contributed by atoms with van der Waals surface area (Å²) in [5, 5.41) is 0. The van der Waals surface area contributed by atoms with Crippen molar-refractivity contribution in [3.8, 4) is 0 Å². The van der Waals surface area contributed by atoms with E-state index >= 15 is 0 Å². The number of ether oxygens (including phenoxy) is 1. The number of likely N-dealkylation sites (tertiary alicyclic amines) is 1. The predicted molar refractivity (Wildman–Crippen MR) is 94.2 cm³/mol. The topological polar surface area (TPSA) is 29.5 Å². The Morgan fingerprint density at radius 2 is 2.05 bits per heavy atom. The molecule has 3 rings (SSSR count). The van der Waals surface area contributed by atoms with Gasteiger partial charge in [0.1, 0.15) is 4.93 Å². The molecule has 2 aliphatic heterocycles. The van der Waals surface area contributed by atoms with Crippen LogP contribution in [0.4, 0.5) is 0 Å². The summed E-state index contributed by atoms with van der Waals surface area (Å²) in [5.74, 6) is 1.19. The monoisotopic (exact) mass is 335 g/mol. The summed E-state index contributed by atoms with van der Waals surface area (Å²) >= 11 is 3.63. The Hall–Kier alpha value is -0.910. The Morgan fingerprint density at radius 1 is 1.32 bits per heavy atom. The van der Waals surface area contributed by atoms with Crippen LogP contribution in [-0.2, 0) is 9.53 Å². The van der Waals surface area contributed by atoms with E-state index in [0.29, 0.717) is 0 Å². The van der Waals surface area contributed by atoms with Crippen LogP contribution < -0.4 is 0 Å². The Kier molecular flexibility index (Phi) is 5.16. The van der Waals surface area contributed by atoms with Gasteiger partial charge in [-0.15, -0.1) is 23.5 Å². The van der Waals surface area contributed by atoms with Crippen molar-refractivity contribution < 1.29 is 9.53 Å². The summed E-state index contributed by atoms with van der Waals surface area (Å²) in [4.78, 5) is 15.4. The quantitative estimate of drug-likeness (QED) is 0.624. The lowest BCUT2D eigenvalue weighted by Gasteiger charge is -2.37. The van der Waals surface area contributed by atoms with E-state index in [0.717, 1.165) is 43.9 Å². The second-order valence-electron chi connectivity index (χ2n) is 5.54. The number of piperidine rings is 1. The summed E-state index contributed by atoms with van der Waals surface area (Å²) in [6.07, 6.45) is 7.54. The van der Waals surface area contributed by atoms with Crippen LogP contribution in [0, 0.1) is 0 Å². The molecule has 2 heterocycles. The smallest absolute Gasteiger partial charge is 0.246 e. The molecule has 118 valence electrons. The van der Waals surface area contributed by atoms with Gasteiger partial charge in [0, 0.05) is 42.7 Å². The number of thioether (sulfide) groups is 2. The van der Waals surface area contributed by atoms with Crippen LogP contribution in [0.2, 0.25) is 0 Å². The van der Waals surface area contributed by atoms with Gasteiger partial charge in [-0.2, -0.15) is 0 Å². The molecule has 0 aliphatic carbocycles. The maximum Gasteiger partial charge on any atom is 0.246 e. The third-order valence-electron chi connectivity index (χ3n) is 4.18. The van der Waals surface area contributed by atoms with Crippen molar-refractivity contribution in [2.75, 3.05) is 31.7 Å². The van der Waals surface area contributed by atoms with E-state index < -0.39 is 0 Å². The van der Waals surface area contributed by atoms with E-state index in [4.69, 9.17) is 4.74 Å². The lowest BCUT2D eigenvalue weighted by molar-refractivity contribution is -0.128. The normalized spacial score (nSPS) is 20.9. The highest BCUT2D eigenvalue weighted by atomic mass is 32.2. The Bertz CT molecular complexity index is 540. The van der Waals surface area contributed by atoms with E-state index in [1.165, 1.54) is 4.90 Å². The second-order valence-corrected chi connectivity index (χ2v) is 7.86. The largest absolute Gasteiger partial charge is 0.363 e. The van der Waals surface area contributed by atoms with Gasteiger partial charge < -0.3 is 9.64 Å². The zero-order valence-corrected chi connectivity index (χ0v) is 14.4. The molecule has 1 aromatic carbocycles. The second kappa shape index (κ2) is 7.11. The van der Waals surface area contributed by atoms with Crippen LogP contribution in [0.5, 0.6) is 0 Å². The fourth-order valence-corrected chi connectivity index (χ4v) is 4.43. The Labute approximate surface area is 140 Å². The molecule has 0 unspecified atom stereocenters. The molecule has 0 aromatic heterocycles. The maximum atomic E-state index is 12.3. The zero-order valence-electron chi connectivity index (χ0n) is 12.8. The molecular formula is C17H21NO2S2. The molecule has 0 radical (unpaired) electrons. The van der Waals surface area contributed by atoms with Crippen LogP contribution in [-0.4, -0.2) is 47.4 Å². The average Bonchev–Trinajstić information content (AvgIpc) is 3.02. The van der Waals surface area contributed by atoms with Gasteiger partial charge >= 0.3 is 0 Å². The molecule has 1 aromatic rings. The van der Waals surface area contributed by atoms with Gasteiger partial charge in [-0.1, -0.05) is 12.1 Å². The van der Waals surface area contributed by atoms with Crippen molar-refractivity contribution in [2.24, 2.45) is 0 Å². The molecule has 1 spiro atoms. The number of hydrogen-bond donors (Lipinski definition) is 0. The SMILES string of the molecule is CSc1ccc(C=CC(=O)N2CCC3(CC2)OCCS3)cc1. The van der Waals surface area contributed by atoms with Crippen molar-refractivity contribution in [2.45, 2.75) is 22.7 Å². The Morgan fingerprint density at radius 3 is 2.64 bits per heavy atom. The summed E-state index contributed by atoms with van der Waals surface area (Å²) in [7, 11) is 0. The van der Waals surface area contributed by atoms with Gasteiger partial charge in [-0.05, 0) is 30.0 Å². The molecule has 2 fully saturated rings. The van der Waals surface area contributed by atoms with Crippen molar-refractivity contribution in [3.63, 3.8) is 0 Å². The minimum Gasteiger partial charge on any atom is -0.363 e. The van der Waals surface area contributed by atoms with E-state index in [9.17, 15) is 4.79 Å². The lowest BCUT2D eigenvalue weighted by Crippen LogP contribution is -2.44. The third kappa shape index (κ3) is 3.70.